The SMILES string of the molecule is COC(CN)C(=O)NC1CCC(=O)NC1=O. The van der Waals surface area contributed by atoms with Gasteiger partial charge in [0.1, 0.15) is 12.1 Å². The predicted molar refractivity (Wildman–Crippen MR) is 54.2 cm³/mol. The average molecular weight is 229 g/mol. The van der Waals surface area contributed by atoms with Gasteiger partial charge in [-0.15, -0.1) is 0 Å². The smallest absolute Gasteiger partial charge is 0.251 e. The molecule has 1 heterocycles. The van der Waals surface area contributed by atoms with Crippen LogP contribution in [-0.4, -0.2) is 43.5 Å². The van der Waals surface area contributed by atoms with Gasteiger partial charge in [0.2, 0.25) is 11.8 Å². The first-order valence-corrected chi connectivity index (χ1v) is 4.95. The van der Waals surface area contributed by atoms with Gasteiger partial charge in [-0.3, -0.25) is 19.7 Å². The molecule has 0 aromatic heterocycles. The molecule has 7 nitrogen and oxygen atoms in total. The van der Waals surface area contributed by atoms with Crippen molar-refractivity contribution in [2.45, 2.75) is 25.0 Å². The summed E-state index contributed by atoms with van der Waals surface area (Å²) < 4.78 is 4.82. The van der Waals surface area contributed by atoms with Crippen molar-refractivity contribution in [2.24, 2.45) is 5.73 Å². The molecule has 1 rings (SSSR count). The number of piperidine rings is 1. The Morgan fingerprint density at radius 1 is 1.69 bits per heavy atom. The van der Waals surface area contributed by atoms with Crippen LogP contribution in [0.3, 0.4) is 0 Å². The lowest BCUT2D eigenvalue weighted by molar-refractivity contribution is -0.139. The van der Waals surface area contributed by atoms with Crippen molar-refractivity contribution >= 4 is 17.7 Å². The van der Waals surface area contributed by atoms with Gasteiger partial charge < -0.3 is 15.8 Å². The molecule has 1 aliphatic rings. The van der Waals surface area contributed by atoms with E-state index in [0.29, 0.717) is 6.42 Å². The van der Waals surface area contributed by atoms with E-state index in [9.17, 15) is 14.4 Å². The van der Waals surface area contributed by atoms with Crippen LogP contribution in [0.15, 0.2) is 0 Å². The van der Waals surface area contributed by atoms with Gasteiger partial charge in [-0.05, 0) is 6.42 Å². The fraction of sp³-hybridized carbons (Fsp3) is 0.667. The molecule has 0 spiro atoms. The summed E-state index contributed by atoms with van der Waals surface area (Å²) in [6, 6.07) is -0.686. The molecule has 1 saturated heterocycles. The maximum absolute atomic E-state index is 11.5. The number of carbonyl (C=O) groups excluding carboxylic acids is 3. The van der Waals surface area contributed by atoms with Gasteiger partial charge >= 0.3 is 0 Å². The number of ether oxygens (including phenoxy) is 1. The maximum Gasteiger partial charge on any atom is 0.251 e. The zero-order valence-electron chi connectivity index (χ0n) is 8.99. The Balaban J connectivity index is 2.50. The first-order chi connectivity index (χ1) is 7.58. The van der Waals surface area contributed by atoms with E-state index in [2.05, 4.69) is 10.6 Å². The second-order valence-electron chi connectivity index (χ2n) is 3.47. The molecule has 90 valence electrons. The second kappa shape index (κ2) is 5.57. The Bertz CT molecular complexity index is 301. The summed E-state index contributed by atoms with van der Waals surface area (Å²) in [5, 5.41) is 4.63. The van der Waals surface area contributed by atoms with Crippen LogP contribution in [0.1, 0.15) is 12.8 Å². The van der Waals surface area contributed by atoms with Crippen molar-refractivity contribution in [2.75, 3.05) is 13.7 Å². The van der Waals surface area contributed by atoms with Crippen LogP contribution in [0.2, 0.25) is 0 Å². The summed E-state index contributed by atoms with van der Waals surface area (Å²) >= 11 is 0. The van der Waals surface area contributed by atoms with Crippen LogP contribution >= 0.6 is 0 Å². The first kappa shape index (κ1) is 12.6. The Morgan fingerprint density at radius 2 is 2.38 bits per heavy atom. The molecule has 1 fully saturated rings. The van der Waals surface area contributed by atoms with Gasteiger partial charge in [-0.2, -0.15) is 0 Å². The normalized spacial score (nSPS) is 22.5. The highest BCUT2D eigenvalue weighted by atomic mass is 16.5. The standard InChI is InChI=1S/C9H15N3O4/c1-16-6(4-10)9(15)11-5-2-3-7(13)12-8(5)14/h5-6H,2-4,10H2,1H3,(H,11,15)(H,12,13,14). The number of hydrogen-bond donors (Lipinski definition) is 3. The Labute approximate surface area is 92.7 Å². The Morgan fingerprint density at radius 3 is 2.88 bits per heavy atom. The van der Waals surface area contributed by atoms with E-state index in [1.807, 2.05) is 0 Å². The summed E-state index contributed by atoms with van der Waals surface area (Å²) in [6.07, 6.45) is -0.251. The van der Waals surface area contributed by atoms with Crippen molar-refractivity contribution in [3.05, 3.63) is 0 Å². The molecule has 0 aromatic carbocycles. The molecule has 0 aromatic rings. The lowest BCUT2D eigenvalue weighted by Crippen LogP contribution is -2.55. The summed E-state index contributed by atoms with van der Waals surface area (Å²) in [5.41, 5.74) is 5.31. The fourth-order valence-electron chi connectivity index (χ4n) is 1.41. The number of rotatable bonds is 4. The van der Waals surface area contributed by atoms with Crippen LogP contribution in [-0.2, 0) is 19.1 Å². The number of methoxy groups -OCH3 is 1. The van der Waals surface area contributed by atoms with E-state index < -0.39 is 24.0 Å². The monoisotopic (exact) mass is 229 g/mol. The van der Waals surface area contributed by atoms with Crippen molar-refractivity contribution in [3.8, 4) is 0 Å². The molecule has 3 amide bonds. The minimum Gasteiger partial charge on any atom is -0.370 e. The first-order valence-electron chi connectivity index (χ1n) is 4.95. The Hall–Kier alpha value is -1.47. The molecule has 16 heavy (non-hydrogen) atoms. The number of nitrogens with one attached hydrogen (secondary N) is 2. The van der Waals surface area contributed by atoms with E-state index >= 15 is 0 Å². The lowest BCUT2D eigenvalue weighted by Gasteiger charge is -2.23. The van der Waals surface area contributed by atoms with Gasteiger partial charge in [-0.25, -0.2) is 0 Å². The molecule has 1 aliphatic heterocycles. The molecule has 4 N–H and O–H groups in total. The van der Waals surface area contributed by atoms with E-state index in [4.69, 9.17) is 10.5 Å². The molecule has 0 saturated carbocycles. The Kier molecular flexibility index (Phi) is 4.39. The zero-order valence-corrected chi connectivity index (χ0v) is 8.99. The van der Waals surface area contributed by atoms with Crippen LogP contribution in [0.5, 0.6) is 0 Å². The van der Waals surface area contributed by atoms with Gasteiger partial charge in [0, 0.05) is 20.1 Å². The molecule has 2 atom stereocenters. The highest BCUT2D eigenvalue weighted by Gasteiger charge is 2.29. The average Bonchev–Trinajstić information content (AvgIpc) is 2.24. The van der Waals surface area contributed by atoms with Gasteiger partial charge in [-0.1, -0.05) is 0 Å². The van der Waals surface area contributed by atoms with Crippen molar-refractivity contribution in [3.63, 3.8) is 0 Å². The minimum atomic E-state index is -0.773. The zero-order chi connectivity index (χ0) is 12.1. The third-order valence-corrected chi connectivity index (χ3v) is 2.35. The molecule has 0 radical (unpaired) electrons. The summed E-state index contributed by atoms with van der Waals surface area (Å²) in [6.45, 7) is 0.0373. The highest BCUT2D eigenvalue weighted by Crippen LogP contribution is 2.04. The molecule has 7 heteroatoms. The van der Waals surface area contributed by atoms with Crippen LogP contribution < -0.4 is 16.4 Å². The summed E-state index contributed by atoms with van der Waals surface area (Å²) in [5.74, 6) is -1.26. The van der Waals surface area contributed by atoms with Crippen LogP contribution in [0.25, 0.3) is 0 Å². The van der Waals surface area contributed by atoms with Gasteiger partial charge in [0.25, 0.3) is 5.91 Å². The number of carbonyl (C=O) groups is 3. The quantitative estimate of drug-likeness (QED) is 0.477. The van der Waals surface area contributed by atoms with Crippen molar-refractivity contribution < 1.29 is 19.1 Å². The largest absolute Gasteiger partial charge is 0.370 e. The lowest BCUT2D eigenvalue weighted by atomic mass is 10.1. The molecular weight excluding hydrogens is 214 g/mol. The number of imide groups is 1. The fourth-order valence-corrected chi connectivity index (χ4v) is 1.41. The van der Waals surface area contributed by atoms with E-state index in [-0.39, 0.29) is 18.9 Å². The van der Waals surface area contributed by atoms with Gasteiger partial charge in [0.05, 0.1) is 0 Å². The van der Waals surface area contributed by atoms with Crippen LogP contribution in [0, 0.1) is 0 Å². The third kappa shape index (κ3) is 3.01. The molecule has 0 bridgehead atoms. The summed E-state index contributed by atoms with van der Waals surface area (Å²) in [7, 11) is 1.36. The number of hydrogen-bond acceptors (Lipinski definition) is 5. The molecule has 0 aliphatic carbocycles. The topological polar surface area (TPSA) is 111 Å². The number of nitrogens with two attached hydrogens (primary N) is 1. The highest BCUT2D eigenvalue weighted by molar-refractivity contribution is 6.01. The molecule has 2 unspecified atom stereocenters. The van der Waals surface area contributed by atoms with E-state index in [0.717, 1.165) is 0 Å². The van der Waals surface area contributed by atoms with E-state index in [1.54, 1.807) is 0 Å². The molecular formula is C9H15N3O4. The predicted octanol–water partition coefficient (Wildman–Crippen LogP) is -2.12. The summed E-state index contributed by atoms with van der Waals surface area (Å²) in [4.78, 5) is 33.7. The van der Waals surface area contributed by atoms with E-state index in [1.165, 1.54) is 7.11 Å². The van der Waals surface area contributed by atoms with Crippen molar-refractivity contribution in [1.82, 2.24) is 10.6 Å². The third-order valence-electron chi connectivity index (χ3n) is 2.35. The van der Waals surface area contributed by atoms with Crippen LogP contribution in [0.4, 0.5) is 0 Å². The van der Waals surface area contributed by atoms with Crippen molar-refractivity contribution in [1.29, 1.82) is 0 Å². The minimum absolute atomic E-state index is 0.0373. The van der Waals surface area contributed by atoms with Gasteiger partial charge in [0.15, 0.2) is 0 Å². The second-order valence-corrected chi connectivity index (χ2v) is 3.47. The maximum atomic E-state index is 11.5. The number of amides is 3.